The number of aryl methyl sites for hydroxylation is 1. The second-order valence-electron chi connectivity index (χ2n) is 6.54. The minimum atomic E-state index is -0.329. The number of unbranched alkanes of at least 4 members (excludes halogenated alkanes) is 1. The number of hydrogen-bond acceptors (Lipinski definition) is 4. The monoisotopic (exact) mass is 337 g/mol. The smallest absolute Gasteiger partial charge is 0.266 e. The zero-order valence-corrected chi connectivity index (χ0v) is 15.6. The van der Waals surface area contributed by atoms with Crippen LogP contribution in [0.4, 0.5) is 0 Å². The highest BCUT2D eigenvalue weighted by Crippen LogP contribution is 2.27. The lowest BCUT2D eigenvalue weighted by Crippen LogP contribution is -2.57. The maximum Gasteiger partial charge on any atom is 0.266 e. The maximum atomic E-state index is 13.0. The van der Waals surface area contributed by atoms with Crippen molar-refractivity contribution >= 4 is 23.2 Å². The molecule has 1 fully saturated rings. The highest BCUT2D eigenvalue weighted by molar-refractivity contribution is 7.13. The summed E-state index contributed by atoms with van der Waals surface area (Å²) in [6.45, 7) is 9.35. The van der Waals surface area contributed by atoms with E-state index in [0.717, 1.165) is 30.0 Å². The first kappa shape index (κ1) is 17.9. The third kappa shape index (κ3) is 3.74. The molecule has 5 nitrogen and oxygen atoms in total. The molecule has 0 N–H and O–H groups in total. The van der Waals surface area contributed by atoms with Gasteiger partial charge in [-0.25, -0.2) is 4.98 Å². The van der Waals surface area contributed by atoms with Crippen LogP contribution in [0.15, 0.2) is 0 Å². The number of likely N-dealkylation sites (N-methyl/N-ethyl adjacent to an activating group) is 1. The third-order valence-corrected chi connectivity index (χ3v) is 5.75. The van der Waals surface area contributed by atoms with E-state index in [2.05, 4.69) is 25.8 Å². The molecule has 0 bridgehead atoms. The SMILES string of the molecule is CCCCC1C(=O)N(C)CCN1C(=O)c1sc(C(C)C)nc1C. The van der Waals surface area contributed by atoms with Crippen molar-refractivity contribution in [2.45, 2.75) is 58.9 Å². The van der Waals surface area contributed by atoms with Crippen LogP contribution in [0.5, 0.6) is 0 Å². The molecule has 1 aromatic rings. The number of piperazine rings is 1. The first-order valence-corrected chi connectivity index (χ1v) is 9.21. The normalized spacial score (nSPS) is 18.9. The van der Waals surface area contributed by atoms with Gasteiger partial charge in [-0.3, -0.25) is 9.59 Å². The molecule has 0 aromatic carbocycles. The average molecular weight is 337 g/mol. The summed E-state index contributed by atoms with van der Waals surface area (Å²) in [5.41, 5.74) is 0.782. The van der Waals surface area contributed by atoms with Gasteiger partial charge in [0.1, 0.15) is 10.9 Å². The lowest BCUT2D eigenvalue weighted by Gasteiger charge is -2.39. The van der Waals surface area contributed by atoms with Crippen molar-refractivity contribution in [2.75, 3.05) is 20.1 Å². The van der Waals surface area contributed by atoms with Gasteiger partial charge >= 0.3 is 0 Å². The van der Waals surface area contributed by atoms with Crippen molar-refractivity contribution < 1.29 is 9.59 Å². The number of carbonyl (C=O) groups is 2. The molecule has 2 heterocycles. The summed E-state index contributed by atoms with van der Waals surface area (Å²) in [7, 11) is 1.82. The molecule has 1 saturated heterocycles. The molecule has 2 rings (SSSR count). The molecule has 0 aliphatic carbocycles. The Labute approximate surface area is 142 Å². The van der Waals surface area contributed by atoms with Crippen molar-refractivity contribution in [3.63, 3.8) is 0 Å². The summed E-state index contributed by atoms with van der Waals surface area (Å²) in [4.78, 5) is 34.2. The topological polar surface area (TPSA) is 53.5 Å². The van der Waals surface area contributed by atoms with E-state index in [4.69, 9.17) is 0 Å². The van der Waals surface area contributed by atoms with Gasteiger partial charge < -0.3 is 9.80 Å². The van der Waals surface area contributed by atoms with E-state index in [1.54, 1.807) is 9.80 Å². The zero-order valence-electron chi connectivity index (χ0n) is 14.8. The van der Waals surface area contributed by atoms with Crippen LogP contribution in [-0.2, 0) is 4.79 Å². The maximum absolute atomic E-state index is 13.0. The highest BCUT2D eigenvalue weighted by atomic mass is 32.1. The molecule has 2 amide bonds. The van der Waals surface area contributed by atoms with Gasteiger partial charge in [0.05, 0.1) is 10.7 Å². The average Bonchev–Trinajstić information content (AvgIpc) is 2.90. The van der Waals surface area contributed by atoms with Crippen LogP contribution >= 0.6 is 11.3 Å². The fourth-order valence-electron chi connectivity index (χ4n) is 2.82. The summed E-state index contributed by atoms with van der Waals surface area (Å²) in [5.74, 6) is 0.337. The fourth-order valence-corrected chi connectivity index (χ4v) is 3.85. The van der Waals surface area contributed by atoms with E-state index in [-0.39, 0.29) is 17.9 Å². The predicted octanol–water partition coefficient (Wildman–Crippen LogP) is 3.05. The Bertz CT molecular complexity index is 582. The number of amides is 2. The first-order valence-electron chi connectivity index (χ1n) is 8.40. The van der Waals surface area contributed by atoms with E-state index in [0.29, 0.717) is 23.9 Å². The number of thiazole rings is 1. The standard InChI is InChI=1S/C17H27N3O2S/c1-6-7-8-13-16(21)19(5)9-10-20(13)17(22)14-12(4)18-15(23-14)11(2)3/h11,13H,6-10H2,1-5H3. The van der Waals surface area contributed by atoms with E-state index in [1.165, 1.54) is 11.3 Å². The first-order chi connectivity index (χ1) is 10.9. The van der Waals surface area contributed by atoms with Gasteiger partial charge in [-0.2, -0.15) is 0 Å². The minimum absolute atomic E-state index is 0.0329. The van der Waals surface area contributed by atoms with Crippen LogP contribution in [0.1, 0.15) is 66.3 Å². The number of rotatable bonds is 5. The van der Waals surface area contributed by atoms with Gasteiger partial charge in [0.2, 0.25) is 5.91 Å². The predicted molar refractivity (Wildman–Crippen MR) is 92.9 cm³/mol. The van der Waals surface area contributed by atoms with Crippen molar-refractivity contribution in [1.29, 1.82) is 0 Å². The van der Waals surface area contributed by atoms with Crippen LogP contribution in [-0.4, -0.2) is 52.8 Å². The van der Waals surface area contributed by atoms with Crippen LogP contribution in [0.25, 0.3) is 0 Å². The Morgan fingerprint density at radius 3 is 2.65 bits per heavy atom. The molecule has 1 unspecified atom stereocenters. The van der Waals surface area contributed by atoms with Crippen molar-refractivity contribution in [2.24, 2.45) is 0 Å². The van der Waals surface area contributed by atoms with E-state index >= 15 is 0 Å². The van der Waals surface area contributed by atoms with Crippen LogP contribution in [0.3, 0.4) is 0 Å². The molecule has 128 valence electrons. The van der Waals surface area contributed by atoms with E-state index < -0.39 is 0 Å². The Morgan fingerprint density at radius 1 is 1.39 bits per heavy atom. The van der Waals surface area contributed by atoms with Gasteiger partial charge in [0.15, 0.2) is 0 Å². The molecule has 6 heteroatoms. The van der Waals surface area contributed by atoms with Gasteiger partial charge in [0.25, 0.3) is 5.91 Å². The number of aromatic nitrogens is 1. The lowest BCUT2D eigenvalue weighted by atomic mass is 10.0. The Morgan fingerprint density at radius 2 is 2.09 bits per heavy atom. The fraction of sp³-hybridized carbons (Fsp3) is 0.706. The molecule has 0 spiro atoms. The zero-order chi connectivity index (χ0) is 17.1. The van der Waals surface area contributed by atoms with Crippen molar-refractivity contribution in [3.05, 3.63) is 15.6 Å². The molecule has 1 aliphatic heterocycles. The summed E-state index contributed by atoms with van der Waals surface area (Å²) >= 11 is 1.47. The van der Waals surface area contributed by atoms with Crippen LogP contribution in [0.2, 0.25) is 0 Å². The second-order valence-corrected chi connectivity index (χ2v) is 7.57. The summed E-state index contributed by atoms with van der Waals surface area (Å²) in [6, 6.07) is -0.329. The van der Waals surface area contributed by atoms with Crippen molar-refractivity contribution in [1.82, 2.24) is 14.8 Å². The number of carbonyl (C=O) groups excluding carboxylic acids is 2. The van der Waals surface area contributed by atoms with Crippen LogP contribution < -0.4 is 0 Å². The summed E-state index contributed by atoms with van der Waals surface area (Å²) in [5, 5.41) is 0.983. The van der Waals surface area contributed by atoms with Crippen LogP contribution in [0, 0.1) is 6.92 Å². The Hall–Kier alpha value is -1.43. The molecule has 1 aliphatic rings. The van der Waals surface area contributed by atoms with Crippen molar-refractivity contribution in [3.8, 4) is 0 Å². The molecule has 1 aromatic heterocycles. The number of nitrogens with zero attached hydrogens (tertiary/aromatic N) is 3. The molecule has 23 heavy (non-hydrogen) atoms. The largest absolute Gasteiger partial charge is 0.342 e. The van der Waals surface area contributed by atoms with E-state index in [9.17, 15) is 9.59 Å². The quantitative estimate of drug-likeness (QED) is 0.830. The van der Waals surface area contributed by atoms with Gasteiger partial charge in [-0.05, 0) is 13.3 Å². The number of hydrogen-bond donors (Lipinski definition) is 0. The Balaban J connectivity index is 2.26. The Kier molecular flexibility index (Phi) is 5.79. The minimum Gasteiger partial charge on any atom is -0.342 e. The third-order valence-electron chi connectivity index (χ3n) is 4.31. The molecular formula is C17H27N3O2S. The van der Waals surface area contributed by atoms with Gasteiger partial charge in [-0.1, -0.05) is 33.6 Å². The van der Waals surface area contributed by atoms with Gasteiger partial charge in [0, 0.05) is 26.1 Å². The van der Waals surface area contributed by atoms with Gasteiger partial charge in [-0.15, -0.1) is 11.3 Å². The highest BCUT2D eigenvalue weighted by Gasteiger charge is 2.37. The molecule has 0 saturated carbocycles. The lowest BCUT2D eigenvalue weighted by molar-refractivity contribution is -0.138. The summed E-state index contributed by atoms with van der Waals surface area (Å²) < 4.78 is 0. The second kappa shape index (κ2) is 7.43. The molecular weight excluding hydrogens is 310 g/mol. The summed E-state index contributed by atoms with van der Waals surface area (Å²) in [6.07, 6.45) is 2.71. The molecule has 1 atom stereocenters. The van der Waals surface area contributed by atoms with E-state index in [1.807, 2.05) is 14.0 Å². The molecule has 0 radical (unpaired) electrons.